The van der Waals surface area contributed by atoms with Gasteiger partial charge in [-0.3, -0.25) is 9.59 Å². The van der Waals surface area contributed by atoms with E-state index in [9.17, 15) is 14.7 Å². The highest BCUT2D eigenvalue weighted by molar-refractivity contribution is 6.30. The fourth-order valence-corrected chi connectivity index (χ4v) is 2.42. The number of carbonyl (C=O) groups excluding carboxylic acids is 2. The number of carbonyl (C=O) groups is 2. The van der Waals surface area contributed by atoms with Crippen molar-refractivity contribution in [2.45, 2.75) is 25.4 Å². The van der Waals surface area contributed by atoms with Crippen LogP contribution in [0.15, 0.2) is 54.6 Å². The van der Waals surface area contributed by atoms with Crippen molar-refractivity contribution in [3.63, 3.8) is 0 Å². The summed E-state index contributed by atoms with van der Waals surface area (Å²) in [5, 5.41) is 15.3. The zero-order valence-electron chi connectivity index (χ0n) is 13.9. The third-order valence-corrected chi connectivity index (χ3v) is 4.14. The van der Waals surface area contributed by atoms with Crippen LogP contribution >= 0.6 is 11.6 Å². The number of rotatable bonds is 7. The highest BCUT2D eigenvalue weighted by Crippen LogP contribution is 2.14. The summed E-state index contributed by atoms with van der Waals surface area (Å²) in [7, 11) is 0. The Hall–Kier alpha value is -2.37. The van der Waals surface area contributed by atoms with Gasteiger partial charge in [0, 0.05) is 11.6 Å². The molecule has 2 amide bonds. The molecule has 6 heteroatoms. The Kier molecular flexibility index (Phi) is 6.98. The molecule has 0 saturated heterocycles. The molecular formula is C19H21ClN2O3. The van der Waals surface area contributed by atoms with Gasteiger partial charge in [0.1, 0.15) is 6.04 Å². The van der Waals surface area contributed by atoms with E-state index >= 15 is 0 Å². The average Bonchev–Trinajstić information content (AvgIpc) is 2.65. The molecule has 0 bridgehead atoms. The quantitative estimate of drug-likeness (QED) is 0.708. The largest absolute Gasteiger partial charge is 0.394 e. The summed E-state index contributed by atoms with van der Waals surface area (Å²) < 4.78 is 0. The van der Waals surface area contributed by atoms with E-state index in [1.807, 2.05) is 30.3 Å². The predicted octanol–water partition coefficient (Wildman–Crippen LogP) is 2.24. The fourth-order valence-electron chi connectivity index (χ4n) is 2.30. The van der Waals surface area contributed by atoms with Crippen LogP contribution in [-0.4, -0.2) is 29.6 Å². The number of hydrogen-bond donors (Lipinski definition) is 3. The molecule has 2 unspecified atom stereocenters. The van der Waals surface area contributed by atoms with Gasteiger partial charge in [0.2, 0.25) is 11.8 Å². The first kappa shape index (κ1) is 19.0. The molecule has 0 aliphatic rings. The first-order valence-corrected chi connectivity index (χ1v) is 8.37. The van der Waals surface area contributed by atoms with Crippen molar-refractivity contribution in [2.24, 2.45) is 0 Å². The highest BCUT2D eigenvalue weighted by Gasteiger charge is 2.23. The maximum absolute atomic E-state index is 12.3. The van der Waals surface area contributed by atoms with Crippen LogP contribution in [0.1, 0.15) is 24.0 Å². The van der Waals surface area contributed by atoms with Crippen LogP contribution in [0.25, 0.3) is 0 Å². The third kappa shape index (κ3) is 5.59. The molecule has 0 aliphatic heterocycles. The molecule has 0 fully saturated rings. The summed E-state index contributed by atoms with van der Waals surface area (Å²) in [5.41, 5.74) is 1.72. The SMILES string of the molecule is CC(C(=O)NC(CO)C(=O)NCc1ccc(Cl)cc1)c1ccccc1. The number of hydrogen-bond acceptors (Lipinski definition) is 3. The van der Waals surface area contributed by atoms with E-state index in [2.05, 4.69) is 10.6 Å². The molecule has 0 aliphatic carbocycles. The molecule has 5 nitrogen and oxygen atoms in total. The summed E-state index contributed by atoms with van der Waals surface area (Å²) in [5.74, 6) is -1.17. The van der Waals surface area contributed by atoms with E-state index in [4.69, 9.17) is 11.6 Å². The number of aliphatic hydroxyl groups is 1. The predicted molar refractivity (Wildman–Crippen MR) is 97.2 cm³/mol. The zero-order chi connectivity index (χ0) is 18.2. The number of aliphatic hydroxyl groups excluding tert-OH is 1. The maximum atomic E-state index is 12.3. The summed E-state index contributed by atoms with van der Waals surface area (Å²) in [4.78, 5) is 24.5. The Balaban J connectivity index is 1.90. The van der Waals surface area contributed by atoms with E-state index in [1.54, 1.807) is 31.2 Å². The van der Waals surface area contributed by atoms with Gasteiger partial charge >= 0.3 is 0 Å². The van der Waals surface area contributed by atoms with Gasteiger partial charge in [-0.2, -0.15) is 0 Å². The zero-order valence-corrected chi connectivity index (χ0v) is 14.7. The number of amides is 2. The number of halogens is 1. The first-order chi connectivity index (χ1) is 12.0. The van der Waals surface area contributed by atoms with Gasteiger partial charge in [-0.1, -0.05) is 54.1 Å². The molecule has 0 saturated carbocycles. The van der Waals surface area contributed by atoms with Crippen molar-refractivity contribution < 1.29 is 14.7 Å². The molecule has 0 aromatic heterocycles. The van der Waals surface area contributed by atoms with E-state index < -0.39 is 24.5 Å². The minimum absolute atomic E-state index is 0.288. The van der Waals surface area contributed by atoms with E-state index in [-0.39, 0.29) is 12.5 Å². The van der Waals surface area contributed by atoms with Crippen molar-refractivity contribution in [2.75, 3.05) is 6.61 Å². The molecule has 3 N–H and O–H groups in total. The molecular weight excluding hydrogens is 340 g/mol. The van der Waals surface area contributed by atoms with E-state index in [0.717, 1.165) is 11.1 Å². The van der Waals surface area contributed by atoms with E-state index in [0.29, 0.717) is 5.02 Å². The smallest absolute Gasteiger partial charge is 0.245 e. The Morgan fingerprint density at radius 2 is 1.68 bits per heavy atom. The van der Waals surface area contributed by atoms with Gasteiger partial charge in [0.05, 0.1) is 12.5 Å². The Bertz CT molecular complexity index is 704. The molecule has 2 atom stereocenters. The molecule has 2 aromatic rings. The van der Waals surface area contributed by atoms with Gasteiger partial charge in [-0.25, -0.2) is 0 Å². The maximum Gasteiger partial charge on any atom is 0.245 e. The molecule has 25 heavy (non-hydrogen) atoms. The molecule has 132 valence electrons. The lowest BCUT2D eigenvalue weighted by Crippen LogP contribution is -2.49. The highest BCUT2D eigenvalue weighted by atomic mass is 35.5. The normalized spacial score (nSPS) is 12.9. The van der Waals surface area contributed by atoms with Crippen LogP contribution in [0.3, 0.4) is 0 Å². The lowest BCUT2D eigenvalue weighted by atomic mass is 10.00. The van der Waals surface area contributed by atoms with Gasteiger partial charge in [0.25, 0.3) is 0 Å². The molecule has 0 radical (unpaired) electrons. The van der Waals surface area contributed by atoms with Crippen LogP contribution in [0.4, 0.5) is 0 Å². The van der Waals surface area contributed by atoms with Crippen molar-refractivity contribution in [3.05, 3.63) is 70.7 Å². The minimum Gasteiger partial charge on any atom is -0.394 e. The standard InChI is InChI=1S/C19H21ClN2O3/c1-13(15-5-3-2-4-6-15)18(24)22-17(12-23)19(25)21-11-14-7-9-16(20)10-8-14/h2-10,13,17,23H,11-12H2,1H3,(H,21,25)(H,22,24). The van der Waals surface area contributed by atoms with Gasteiger partial charge in [-0.15, -0.1) is 0 Å². The lowest BCUT2D eigenvalue weighted by molar-refractivity contribution is -0.130. The second kappa shape index (κ2) is 9.20. The van der Waals surface area contributed by atoms with Crippen LogP contribution < -0.4 is 10.6 Å². The number of benzene rings is 2. The topological polar surface area (TPSA) is 78.4 Å². The summed E-state index contributed by atoms with van der Waals surface area (Å²) in [6.07, 6.45) is 0. The summed E-state index contributed by atoms with van der Waals surface area (Å²) >= 11 is 5.82. The third-order valence-electron chi connectivity index (χ3n) is 3.89. The summed E-state index contributed by atoms with van der Waals surface area (Å²) in [6.45, 7) is 1.57. The van der Waals surface area contributed by atoms with Crippen LogP contribution in [-0.2, 0) is 16.1 Å². The van der Waals surface area contributed by atoms with Crippen LogP contribution in [0.5, 0.6) is 0 Å². The van der Waals surface area contributed by atoms with Crippen LogP contribution in [0, 0.1) is 0 Å². The Labute approximate surface area is 152 Å². The summed E-state index contributed by atoms with van der Waals surface area (Å²) in [6, 6.07) is 15.3. The fraction of sp³-hybridized carbons (Fsp3) is 0.263. The van der Waals surface area contributed by atoms with Gasteiger partial charge in [-0.05, 0) is 30.2 Å². The van der Waals surface area contributed by atoms with Crippen molar-refractivity contribution in [1.29, 1.82) is 0 Å². The molecule has 0 spiro atoms. The van der Waals surface area contributed by atoms with E-state index in [1.165, 1.54) is 0 Å². The lowest BCUT2D eigenvalue weighted by Gasteiger charge is -2.19. The van der Waals surface area contributed by atoms with Gasteiger partial charge in [0.15, 0.2) is 0 Å². The Morgan fingerprint density at radius 3 is 2.28 bits per heavy atom. The molecule has 0 heterocycles. The second-order valence-corrected chi connectivity index (χ2v) is 6.16. The van der Waals surface area contributed by atoms with Crippen molar-refractivity contribution >= 4 is 23.4 Å². The Morgan fingerprint density at radius 1 is 1.04 bits per heavy atom. The minimum atomic E-state index is -0.994. The molecule has 2 rings (SSSR count). The average molecular weight is 361 g/mol. The first-order valence-electron chi connectivity index (χ1n) is 7.99. The molecule has 2 aromatic carbocycles. The number of nitrogens with one attached hydrogen (secondary N) is 2. The van der Waals surface area contributed by atoms with Crippen molar-refractivity contribution in [3.8, 4) is 0 Å². The van der Waals surface area contributed by atoms with Gasteiger partial charge < -0.3 is 15.7 Å². The van der Waals surface area contributed by atoms with Crippen molar-refractivity contribution in [1.82, 2.24) is 10.6 Å². The van der Waals surface area contributed by atoms with Crippen LogP contribution in [0.2, 0.25) is 5.02 Å². The second-order valence-electron chi connectivity index (χ2n) is 5.72. The monoisotopic (exact) mass is 360 g/mol.